The molecule has 0 atom stereocenters. The van der Waals surface area contributed by atoms with E-state index < -0.39 is 28.5 Å². The molecule has 32 heavy (non-hydrogen) atoms. The zero-order chi connectivity index (χ0) is 23.5. The van der Waals surface area contributed by atoms with Gasteiger partial charge in [-0.3, -0.25) is 15.2 Å². The summed E-state index contributed by atoms with van der Waals surface area (Å²) in [5.41, 5.74) is 6.29. The molecule has 10 nitrogen and oxygen atoms in total. The Morgan fingerprint density at radius 2 is 2.00 bits per heavy atom. The normalized spacial score (nSPS) is 11.5. The topological polar surface area (TPSA) is 150 Å². The van der Waals surface area contributed by atoms with Crippen LogP contribution in [0.2, 0.25) is 0 Å². The van der Waals surface area contributed by atoms with Crippen LogP contribution in [0.25, 0.3) is 10.8 Å². The highest BCUT2D eigenvalue weighted by Crippen LogP contribution is 2.30. The first-order chi connectivity index (χ1) is 15.1. The van der Waals surface area contributed by atoms with Crippen LogP contribution in [0, 0.1) is 5.41 Å². The van der Waals surface area contributed by atoms with E-state index in [2.05, 4.69) is 4.98 Å². The fourth-order valence-corrected chi connectivity index (χ4v) is 4.63. The largest absolute Gasteiger partial charge is 0.497 e. The number of carbonyl (C=O) groups is 1. The fourth-order valence-electron chi connectivity index (χ4n) is 3.09. The van der Waals surface area contributed by atoms with Gasteiger partial charge in [0.2, 0.25) is 16.0 Å². The van der Waals surface area contributed by atoms with Crippen molar-refractivity contribution in [2.45, 2.75) is 11.4 Å². The highest BCUT2D eigenvalue weighted by molar-refractivity contribution is 7.89. The molecule has 168 valence electrons. The molecule has 0 aliphatic heterocycles. The van der Waals surface area contributed by atoms with E-state index in [9.17, 15) is 18.3 Å². The van der Waals surface area contributed by atoms with Gasteiger partial charge in [0, 0.05) is 35.3 Å². The lowest BCUT2D eigenvalue weighted by Gasteiger charge is -2.21. The maximum Gasteiger partial charge on any atom is 0.318 e. The molecule has 1 heterocycles. The highest BCUT2D eigenvalue weighted by atomic mass is 35.5. The van der Waals surface area contributed by atoms with E-state index in [1.807, 2.05) is 0 Å². The molecule has 0 fully saturated rings. The van der Waals surface area contributed by atoms with Gasteiger partial charge in [-0.1, -0.05) is 18.2 Å². The number of guanidine groups is 1. The van der Waals surface area contributed by atoms with Crippen LogP contribution in [-0.2, 0) is 21.4 Å². The number of nitrogens with two attached hydrogens (primary N) is 1. The number of nitrogens with one attached hydrogen (secondary N) is 1. The van der Waals surface area contributed by atoms with Gasteiger partial charge in [-0.2, -0.15) is 4.31 Å². The Hall–Kier alpha value is -3.41. The van der Waals surface area contributed by atoms with Crippen molar-refractivity contribution in [1.29, 1.82) is 5.41 Å². The van der Waals surface area contributed by atoms with Gasteiger partial charge in [-0.25, -0.2) is 12.8 Å². The van der Waals surface area contributed by atoms with Gasteiger partial charge in [-0.15, -0.1) is 0 Å². The summed E-state index contributed by atoms with van der Waals surface area (Å²) < 4.78 is 33.5. The van der Waals surface area contributed by atoms with Gasteiger partial charge >= 0.3 is 5.97 Å². The molecule has 0 spiro atoms. The molecule has 12 heteroatoms. The van der Waals surface area contributed by atoms with Gasteiger partial charge in [0.05, 0.1) is 23.9 Å². The second-order valence-corrected chi connectivity index (χ2v) is 9.00. The van der Waals surface area contributed by atoms with Gasteiger partial charge in [0.25, 0.3) is 0 Å². The zero-order valence-corrected chi connectivity index (χ0v) is 18.5. The molecule has 0 saturated carbocycles. The summed E-state index contributed by atoms with van der Waals surface area (Å²) in [7, 11) is -2.70. The molecule has 3 aromatic rings. The standard InChI is InChI=1S/C20H20ClN5O5S/c1-31-15-4-2-3-13(7-15)11-25(12-19(27)28)32(29,30)16-5-6-17-14(8-16)9-24-10-18(17)26(21)20(22)23/h2-10H,11-12H2,1H3,(H3,22,23)(H,27,28). The van der Waals surface area contributed by atoms with Crippen molar-refractivity contribution in [3.63, 3.8) is 0 Å². The first kappa shape index (κ1) is 23.3. The number of halogens is 1. The van der Waals surface area contributed by atoms with Crippen molar-refractivity contribution in [3.05, 3.63) is 60.4 Å². The van der Waals surface area contributed by atoms with Gasteiger partial charge in [0.15, 0.2) is 0 Å². The van der Waals surface area contributed by atoms with Crippen molar-refractivity contribution in [3.8, 4) is 5.75 Å². The van der Waals surface area contributed by atoms with Crippen LogP contribution >= 0.6 is 11.8 Å². The lowest BCUT2D eigenvalue weighted by atomic mass is 10.1. The molecule has 0 bridgehead atoms. The van der Waals surface area contributed by atoms with Crippen molar-refractivity contribution in [2.75, 3.05) is 18.1 Å². The van der Waals surface area contributed by atoms with E-state index in [0.29, 0.717) is 27.8 Å². The number of sulfonamides is 1. The number of anilines is 1. The fraction of sp³-hybridized carbons (Fsp3) is 0.150. The van der Waals surface area contributed by atoms with Crippen LogP contribution in [0.4, 0.5) is 5.69 Å². The monoisotopic (exact) mass is 477 g/mol. The molecule has 0 saturated heterocycles. The van der Waals surface area contributed by atoms with Gasteiger partial charge < -0.3 is 15.6 Å². The maximum atomic E-state index is 13.3. The molecule has 0 amide bonds. The number of ether oxygens (including phenoxy) is 1. The Morgan fingerprint density at radius 1 is 1.25 bits per heavy atom. The molecule has 1 aromatic heterocycles. The molecule has 4 N–H and O–H groups in total. The SMILES string of the molecule is COc1cccc(CN(CC(=O)O)S(=O)(=O)c2ccc3c(N(Cl)C(=N)N)cncc3c2)c1. The number of aromatic nitrogens is 1. The number of fused-ring (bicyclic) bond motifs is 1. The first-order valence-electron chi connectivity index (χ1n) is 9.16. The van der Waals surface area contributed by atoms with E-state index in [4.69, 9.17) is 27.7 Å². The molecule has 2 aromatic carbocycles. The van der Waals surface area contributed by atoms with Crippen molar-refractivity contribution in [2.24, 2.45) is 5.73 Å². The van der Waals surface area contributed by atoms with E-state index in [-0.39, 0.29) is 11.4 Å². The molecule has 0 aliphatic carbocycles. The molecular formula is C20H20ClN5O5S. The summed E-state index contributed by atoms with van der Waals surface area (Å²) in [4.78, 5) is 15.3. The number of carboxylic acids is 1. The Bertz CT molecular complexity index is 1280. The summed E-state index contributed by atoms with van der Waals surface area (Å²) in [6.07, 6.45) is 2.83. The van der Waals surface area contributed by atoms with Gasteiger partial charge in [-0.05, 0) is 29.8 Å². The zero-order valence-electron chi connectivity index (χ0n) is 16.9. The van der Waals surface area contributed by atoms with Crippen LogP contribution in [-0.4, -0.2) is 48.4 Å². The van der Waals surface area contributed by atoms with Crippen LogP contribution < -0.4 is 14.9 Å². The smallest absolute Gasteiger partial charge is 0.318 e. The highest BCUT2D eigenvalue weighted by Gasteiger charge is 2.27. The molecule has 3 rings (SSSR count). The van der Waals surface area contributed by atoms with Gasteiger partial charge in [0.1, 0.15) is 12.3 Å². The quantitative estimate of drug-likeness (QED) is 0.254. The number of nitrogens with zero attached hydrogens (tertiary/aromatic N) is 3. The molecular weight excluding hydrogens is 458 g/mol. The Kier molecular flexibility index (Phi) is 6.82. The minimum absolute atomic E-state index is 0.114. The van der Waals surface area contributed by atoms with Crippen molar-refractivity contribution in [1.82, 2.24) is 9.29 Å². The summed E-state index contributed by atoms with van der Waals surface area (Å²) in [6, 6.07) is 10.9. The number of hydrogen-bond acceptors (Lipinski definition) is 6. The number of benzene rings is 2. The van der Waals surface area contributed by atoms with Crippen LogP contribution in [0.5, 0.6) is 5.75 Å². The van der Waals surface area contributed by atoms with Crippen LogP contribution in [0.15, 0.2) is 59.8 Å². The molecule has 0 unspecified atom stereocenters. The predicted octanol–water partition coefficient (Wildman–Crippen LogP) is 2.37. The number of methoxy groups -OCH3 is 1. The average Bonchev–Trinajstić information content (AvgIpc) is 2.77. The number of aliphatic carboxylic acids is 1. The van der Waals surface area contributed by atoms with Crippen LogP contribution in [0.1, 0.15) is 5.56 Å². The maximum absolute atomic E-state index is 13.3. The summed E-state index contributed by atoms with van der Waals surface area (Å²) in [6.45, 7) is -0.891. The lowest BCUT2D eigenvalue weighted by Crippen LogP contribution is -2.35. The van der Waals surface area contributed by atoms with E-state index in [1.54, 1.807) is 24.3 Å². The first-order valence-corrected chi connectivity index (χ1v) is 10.9. The summed E-state index contributed by atoms with van der Waals surface area (Å²) in [5.74, 6) is -1.19. The summed E-state index contributed by atoms with van der Waals surface area (Å²) >= 11 is 6.01. The van der Waals surface area contributed by atoms with E-state index in [1.165, 1.54) is 37.7 Å². The second kappa shape index (κ2) is 9.39. The van der Waals surface area contributed by atoms with E-state index >= 15 is 0 Å². The summed E-state index contributed by atoms with van der Waals surface area (Å²) in [5, 5.41) is 17.7. The lowest BCUT2D eigenvalue weighted by molar-refractivity contribution is -0.137. The number of carboxylic acid groups (broad SMARTS) is 1. The Morgan fingerprint density at radius 3 is 2.66 bits per heavy atom. The van der Waals surface area contributed by atoms with E-state index in [0.717, 1.165) is 8.72 Å². The Labute approximate surface area is 189 Å². The predicted molar refractivity (Wildman–Crippen MR) is 120 cm³/mol. The number of rotatable bonds is 8. The Balaban J connectivity index is 2.03. The third-order valence-electron chi connectivity index (χ3n) is 4.57. The molecule has 0 aliphatic rings. The average molecular weight is 478 g/mol. The van der Waals surface area contributed by atoms with Crippen LogP contribution in [0.3, 0.4) is 0 Å². The number of pyridine rings is 1. The third-order valence-corrected chi connectivity index (χ3v) is 6.73. The van der Waals surface area contributed by atoms with Crippen molar-refractivity contribution >= 4 is 50.2 Å². The minimum Gasteiger partial charge on any atom is -0.497 e. The third kappa shape index (κ3) is 4.90. The van der Waals surface area contributed by atoms with Crippen molar-refractivity contribution < 1.29 is 23.1 Å². The number of hydrogen-bond donors (Lipinski definition) is 3. The minimum atomic E-state index is -4.18. The second-order valence-electron chi connectivity index (χ2n) is 6.73. The molecule has 0 radical (unpaired) electrons.